The largest absolute Gasteiger partial charge is 0.481 e. The fourth-order valence-corrected chi connectivity index (χ4v) is 2.48. The van der Waals surface area contributed by atoms with Crippen LogP contribution >= 0.6 is 0 Å². The number of aliphatic hydroxyl groups excluding tert-OH is 1. The van der Waals surface area contributed by atoms with Crippen LogP contribution in [0.2, 0.25) is 0 Å². The number of carboxylic acids is 1. The van der Waals surface area contributed by atoms with E-state index in [0.717, 1.165) is 51.5 Å². The van der Waals surface area contributed by atoms with Gasteiger partial charge in [0, 0.05) is 13.5 Å². The molecule has 23 heavy (non-hydrogen) atoms. The van der Waals surface area contributed by atoms with E-state index in [-0.39, 0.29) is 5.91 Å². The summed E-state index contributed by atoms with van der Waals surface area (Å²) in [6.45, 7) is 3.57. The lowest BCUT2D eigenvalue weighted by molar-refractivity contribution is -0.149. The molecule has 134 valence electrons. The van der Waals surface area contributed by atoms with Crippen molar-refractivity contribution < 1.29 is 24.6 Å². The topological polar surface area (TPSA) is 104 Å². The van der Waals surface area contributed by atoms with Gasteiger partial charge in [0.1, 0.15) is 12.0 Å². The number of aliphatic carboxylic acids is 1. The molecule has 0 rings (SSSR count). The molecule has 0 aromatic carbocycles. The van der Waals surface area contributed by atoms with Gasteiger partial charge < -0.3 is 15.5 Å². The standard InChI is InChI=1S/C17H31NO5/c1-13(19)16(21)15(17(22)23)11-9-7-5-3-4-6-8-10-12-18-14(2)20/h13,15,19H,3-12H2,1-2H3,(H,18,20)(H,22,23). The van der Waals surface area contributed by atoms with E-state index in [1.54, 1.807) is 0 Å². The van der Waals surface area contributed by atoms with Gasteiger partial charge in [-0.1, -0.05) is 44.9 Å². The van der Waals surface area contributed by atoms with E-state index >= 15 is 0 Å². The maximum atomic E-state index is 11.6. The monoisotopic (exact) mass is 329 g/mol. The Labute approximate surface area is 138 Å². The summed E-state index contributed by atoms with van der Waals surface area (Å²) in [6.07, 6.45) is 7.19. The minimum absolute atomic E-state index is 0.0127. The van der Waals surface area contributed by atoms with Crippen molar-refractivity contribution >= 4 is 17.7 Å². The van der Waals surface area contributed by atoms with Gasteiger partial charge in [-0.3, -0.25) is 14.4 Å². The molecule has 3 N–H and O–H groups in total. The highest BCUT2D eigenvalue weighted by Crippen LogP contribution is 2.15. The first-order valence-electron chi connectivity index (χ1n) is 8.55. The van der Waals surface area contributed by atoms with Crippen molar-refractivity contribution in [1.29, 1.82) is 0 Å². The summed E-state index contributed by atoms with van der Waals surface area (Å²) in [5.41, 5.74) is 0. The van der Waals surface area contributed by atoms with Gasteiger partial charge >= 0.3 is 5.97 Å². The lowest BCUT2D eigenvalue weighted by Crippen LogP contribution is -2.31. The Balaban J connectivity index is 3.55. The zero-order chi connectivity index (χ0) is 17.7. The number of carbonyl (C=O) groups is 3. The van der Waals surface area contributed by atoms with Crippen LogP contribution in [0, 0.1) is 5.92 Å². The van der Waals surface area contributed by atoms with Crippen molar-refractivity contribution in [3.8, 4) is 0 Å². The van der Waals surface area contributed by atoms with E-state index in [1.165, 1.54) is 13.8 Å². The van der Waals surface area contributed by atoms with Crippen LogP contribution in [0.4, 0.5) is 0 Å². The Hall–Kier alpha value is -1.43. The van der Waals surface area contributed by atoms with Crippen molar-refractivity contribution in [3.63, 3.8) is 0 Å². The number of amides is 1. The first kappa shape index (κ1) is 21.6. The van der Waals surface area contributed by atoms with Gasteiger partial charge in [-0.25, -0.2) is 0 Å². The number of aliphatic hydroxyl groups is 1. The number of ketones is 1. The molecule has 0 aliphatic rings. The van der Waals surface area contributed by atoms with Crippen LogP contribution in [0.15, 0.2) is 0 Å². The third-order valence-electron chi connectivity index (χ3n) is 3.85. The molecule has 0 fully saturated rings. The zero-order valence-electron chi connectivity index (χ0n) is 14.3. The summed E-state index contributed by atoms with van der Waals surface area (Å²) in [7, 11) is 0. The van der Waals surface area contributed by atoms with Crippen LogP contribution in [0.25, 0.3) is 0 Å². The number of carboxylic acid groups (broad SMARTS) is 1. The molecule has 2 unspecified atom stereocenters. The van der Waals surface area contributed by atoms with Crippen molar-refractivity contribution in [1.82, 2.24) is 5.32 Å². The van der Waals surface area contributed by atoms with Gasteiger partial charge in [0.15, 0.2) is 5.78 Å². The van der Waals surface area contributed by atoms with E-state index in [0.29, 0.717) is 12.8 Å². The number of hydrogen-bond acceptors (Lipinski definition) is 4. The van der Waals surface area contributed by atoms with Crippen LogP contribution < -0.4 is 5.32 Å². The van der Waals surface area contributed by atoms with E-state index in [4.69, 9.17) is 5.11 Å². The highest BCUT2D eigenvalue weighted by molar-refractivity contribution is 6.00. The van der Waals surface area contributed by atoms with Gasteiger partial charge in [-0.15, -0.1) is 0 Å². The molecule has 0 heterocycles. The second-order valence-electron chi connectivity index (χ2n) is 6.07. The molecule has 0 aliphatic carbocycles. The van der Waals surface area contributed by atoms with Gasteiger partial charge in [-0.05, 0) is 19.8 Å². The quantitative estimate of drug-likeness (QED) is 0.335. The first-order valence-corrected chi connectivity index (χ1v) is 8.55. The van der Waals surface area contributed by atoms with Crippen LogP contribution in [0.5, 0.6) is 0 Å². The highest BCUT2D eigenvalue weighted by atomic mass is 16.4. The second-order valence-corrected chi connectivity index (χ2v) is 6.07. The third-order valence-corrected chi connectivity index (χ3v) is 3.85. The fourth-order valence-electron chi connectivity index (χ4n) is 2.48. The lowest BCUT2D eigenvalue weighted by Gasteiger charge is -2.12. The third kappa shape index (κ3) is 11.8. The van der Waals surface area contributed by atoms with Crippen LogP contribution in [-0.2, 0) is 14.4 Å². The van der Waals surface area contributed by atoms with Gasteiger partial charge in [0.05, 0.1) is 0 Å². The van der Waals surface area contributed by atoms with Crippen LogP contribution in [-0.4, -0.2) is 40.5 Å². The molecule has 0 saturated carbocycles. The molecule has 0 bridgehead atoms. The van der Waals surface area contributed by atoms with Crippen molar-refractivity contribution in [2.24, 2.45) is 5.92 Å². The van der Waals surface area contributed by atoms with E-state index < -0.39 is 23.8 Å². The summed E-state index contributed by atoms with van der Waals surface area (Å²) in [4.78, 5) is 33.2. The number of unbranched alkanes of at least 4 members (excludes halogenated alkanes) is 7. The number of nitrogens with one attached hydrogen (secondary N) is 1. The van der Waals surface area contributed by atoms with E-state index in [9.17, 15) is 19.5 Å². The summed E-state index contributed by atoms with van der Waals surface area (Å²) < 4.78 is 0. The smallest absolute Gasteiger partial charge is 0.314 e. The fraction of sp³-hybridized carbons (Fsp3) is 0.824. The summed E-state index contributed by atoms with van der Waals surface area (Å²) in [5, 5.41) is 21.0. The molecule has 0 spiro atoms. The molecule has 0 aromatic rings. The van der Waals surface area contributed by atoms with Crippen molar-refractivity contribution in [3.05, 3.63) is 0 Å². The van der Waals surface area contributed by atoms with Gasteiger partial charge in [-0.2, -0.15) is 0 Å². The van der Waals surface area contributed by atoms with Gasteiger partial charge in [0.2, 0.25) is 5.91 Å². The average molecular weight is 329 g/mol. The SMILES string of the molecule is CC(=O)NCCCCCCCCCCC(C(=O)O)C(=O)C(C)O. The Kier molecular flexibility index (Phi) is 12.2. The van der Waals surface area contributed by atoms with Crippen molar-refractivity contribution in [2.75, 3.05) is 6.54 Å². The predicted molar refractivity (Wildman–Crippen MR) is 88.1 cm³/mol. The maximum absolute atomic E-state index is 11.6. The molecule has 1 amide bonds. The van der Waals surface area contributed by atoms with Crippen LogP contribution in [0.3, 0.4) is 0 Å². The van der Waals surface area contributed by atoms with E-state index in [2.05, 4.69) is 5.32 Å². The summed E-state index contributed by atoms with van der Waals surface area (Å²) in [6, 6.07) is 0. The second kappa shape index (κ2) is 13.0. The number of rotatable bonds is 14. The molecule has 0 saturated heterocycles. The average Bonchev–Trinajstić information content (AvgIpc) is 2.47. The molecular formula is C17H31NO5. The molecule has 6 nitrogen and oxygen atoms in total. The molecule has 0 aliphatic heterocycles. The number of carbonyl (C=O) groups excluding carboxylic acids is 2. The zero-order valence-corrected chi connectivity index (χ0v) is 14.3. The first-order chi connectivity index (χ1) is 10.9. The minimum Gasteiger partial charge on any atom is -0.481 e. The lowest BCUT2D eigenvalue weighted by atomic mass is 9.94. The molecule has 0 radical (unpaired) electrons. The Morgan fingerprint density at radius 2 is 1.39 bits per heavy atom. The van der Waals surface area contributed by atoms with Gasteiger partial charge in [0.25, 0.3) is 0 Å². The highest BCUT2D eigenvalue weighted by Gasteiger charge is 2.28. The Morgan fingerprint density at radius 3 is 1.83 bits per heavy atom. The number of Topliss-reactive ketones (excluding diaryl/α,β-unsaturated/α-hetero) is 1. The summed E-state index contributed by atoms with van der Waals surface area (Å²) in [5.74, 6) is -2.81. The molecule has 6 heteroatoms. The van der Waals surface area contributed by atoms with Crippen LogP contribution in [0.1, 0.15) is 71.6 Å². The minimum atomic E-state index is -1.21. The Morgan fingerprint density at radius 1 is 0.913 bits per heavy atom. The predicted octanol–water partition coefficient (Wildman–Crippen LogP) is 2.28. The Bertz CT molecular complexity index is 368. The summed E-state index contributed by atoms with van der Waals surface area (Å²) >= 11 is 0. The molecular weight excluding hydrogens is 298 g/mol. The van der Waals surface area contributed by atoms with E-state index in [1.807, 2.05) is 0 Å². The van der Waals surface area contributed by atoms with Crippen molar-refractivity contribution in [2.45, 2.75) is 77.7 Å². The number of hydrogen-bond donors (Lipinski definition) is 3. The normalized spacial score (nSPS) is 13.3. The molecule has 2 atom stereocenters. The molecule has 0 aromatic heterocycles. The maximum Gasteiger partial charge on any atom is 0.314 e.